The highest BCUT2D eigenvalue weighted by Crippen LogP contribution is 2.13. The molecule has 5 nitrogen and oxygen atoms in total. The van der Waals surface area contributed by atoms with Crippen LogP contribution in [-0.2, 0) is 25.6 Å². The van der Waals surface area contributed by atoms with Crippen LogP contribution in [0.15, 0.2) is 30.3 Å². The van der Waals surface area contributed by atoms with E-state index in [-0.39, 0.29) is 12.5 Å². The Labute approximate surface area is 111 Å². The van der Waals surface area contributed by atoms with Gasteiger partial charge in [0.2, 0.25) is 0 Å². The number of rotatable bonds is 5. The fraction of sp³-hybridized carbons (Fsp3) is 0.429. The number of benzene rings is 1. The summed E-state index contributed by atoms with van der Waals surface area (Å²) in [5.41, 5.74) is 1.00. The van der Waals surface area contributed by atoms with Crippen molar-refractivity contribution < 1.29 is 19.1 Å². The summed E-state index contributed by atoms with van der Waals surface area (Å²) in [6.07, 6.45) is 1.03. The van der Waals surface area contributed by atoms with E-state index in [1.54, 1.807) is 0 Å². The summed E-state index contributed by atoms with van der Waals surface area (Å²) in [5.74, 6) is -0.762. The Bertz CT molecular complexity index is 426. The maximum Gasteiger partial charge on any atom is 0.335 e. The highest BCUT2D eigenvalue weighted by molar-refractivity contribution is 5.82. The van der Waals surface area contributed by atoms with E-state index in [4.69, 9.17) is 9.47 Å². The monoisotopic (exact) mass is 263 g/mol. The van der Waals surface area contributed by atoms with Crippen LogP contribution in [0.2, 0.25) is 0 Å². The molecule has 1 unspecified atom stereocenters. The zero-order chi connectivity index (χ0) is 13.5. The zero-order valence-electron chi connectivity index (χ0n) is 10.6. The molecule has 0 saturated carbocycles. The molecular formula is C14H17NO4. The summed E-state index contributed by atoms with van der Waals surface area (Å²) in [4.78, 5) is 23.0. The van der Waals surface area contributed by atoms with Crippen LogP contribution < -0.4 is 5.32 Å². The summed E-state index contributed by atoms with van der Waals surface area (Å²) < 4.78 is 10.1. The fourth-order valence-corrected chi connectivity index (χ4v) is 1.84. The van der Waals surface area contributed by atoms with E-state index in [2.05, 4.69) is 5.32 Å². The van der Waals surface area contributed by atoms with E-state index < -0.39 is 12.1 Å². The van der Waals surface area contributed by atoms with Crippen LogP contribution >= 0.6 is 0 Å². The summed E-state index contributed by atoms with van der Waals surface area (Å²) in [5, 5.41) is 2.69. The number of hydrogen-bond acceptors (Lipinski definition) is 4. The second-order valence-corrected chi connectivity index (χ2v) is 4.37. The number of amides is 1. The topological polar surface area (TPSA) is 64.6 Å². The van der Waals surface area contributed by atoms with Crippen LogP contribution in [0.4, 0.5) is 0 Å². The van der Waals surface area contributed by atoms with Crippen molar-refractivity contribution in [2.24, 2.45) is 0 Å². The van der Waals surface area contributed by atoms with Crippen LogP contribution in [0, 0.1) is 0 Å². The highest BCUT2D eigenvalue weighted by Gasteiger charge is 2.25. The quantitative estimate of drug-likeness (QED) is 0.806. The van der Waals surface area contributed by atoms with E-state index in [0.29, 0.717) is 19.6 Å². The second kappa shape index (κ2) is 6.89. The maximum atomic E-state index is 11.5. The molecule has 1 heterocycles. The molecule has 1 N–H and O–H groups in total. The van der Waals surface area contributed by atoms with Crippen molar-refractivity contribution in [3.05, 3.63) is 35.9 Å². The minimum absolute atomic E-state index is 0.258. The van der Waals surface area contributed by atoms with E-state index in [0.717, 1.165) is 12.0 Å². The van der Waals surface area contributed by atoms with Gasteiger partial charge >= 0.3 is 5.97 Å². The number of ether oxygens (including phenoxy) is 2. The molecule has 2 rings (SSSR count). The number of nitrogens with one attached hydrogen (secondary N) is 1. The molecule has 1 aromatic rings. The Morgan fingerprint density at radius 2 is 2.11 bits per heavy atom. The molecule has 102 valence electrons. The van der Waals surface area contributed by atoms with Gasteiger partial charge in [0.15, 0.2) is 12.7 Å². The van der Waals surface area contributed by atoms with Crippen LogP contribution in [-0.4, -0.2) is 31.2 Å². The zero-order valence-corrected chi connectivity index (χ0v) is 10.6. The van der Waals surface area contributed by atoms with Gasteiger partial charge in [-0.25, -0.2) is 4.79 Å². The number of esters is 1. The van der Waals surface area contributed by atoms with E-state index >= 15 is 0 Å². The lowest BCUT2D eigenvalue weighted by atomic mass is 10.2. The third-order valence-electron chi connectivity index (χ3n) is 2.87. The summed E-state index contributed by atoms with van der Waals surface area (Å²) >= 11 is 0. The largest absolute Gasteiger partial charge is 0.454 e. The van der Waals surface area contributed by atoms with Gasteiger partial charge in [0.1, 0.15) is 0 Å². The average molecular weight is 263 g/mol. The molecule has 1 aliphatic rings. The van der Waals surface area contributed by atoms with Crippen LogP contribution in [0.25, 0.3) is 0 Å². The van der Waals surface area contributed by atoms with Gasteiger partial charge < -0.3 is 14.8 Å². The standard InChI is InChI=1S/C14H17NO4/c16-13(15-9-11-5-2-1-3-6-11)10-19-14(17)12-7-4-8-18-12/h1-3,5-6,12H,4,7-10H2,(H,15,16). The minimum atomic E-state index is -0.498. The van der Waals surface area contributed by atoms with Crippen LogP contribution in [0.1, 0.15) is 18.4 Å². The minimum Gasteiger partial charge on any atom is -0.454 e. The van der Waals surface area contributed by atoms with Crippen molar-refractivity contribution >= 4 is 11.9 Å². The van der Waals surface area contributed by atoms with Gasteiger partial charge in [-0.15, -0.1) is 0 Å². The Kier molecular flexibility index (Phi) is 4.92. The smallest absolute Gasteiger partial charge is 0.335 e. The lowest BCUT2D eigenvalue weighted by Gasteiger charge is -2.09. The van der Waals surface area contributed by atoms with Gasteiger partial charge in [-0.2, -0.15) is 0 Å². The molecule has 19 heavy (non-hydrogen) atoms. The summed E-state index contributed by atoms with van der Waals surface area (Å²) in [6.45, 7) is 0.753. The maximum absolute atomic E-state index is 11.5. The van der Waals surface area contributed by atoms with E-state index in [9.17, 15) is 9.59 Å². The Morgan fingerprint density at radius 1 is 1.32 bits per heavy atom. The van der Waals surface area contributed by atoms with E-state index in [1.165, 1.54) is 0 Å². The first-order valence-electron chi connectivity index (χ1n) is 6.34. The first-order valence-corrected chi connectivity index (χ1v) is 6.34. The van der Waals surface area contributed by atoms with Gasteiger partial charge in [0.25, 0.3) is 5.91 Å². The molecule has 1 aliphatic heterocycles. The predicted octanol–water partition coefficient (Wildman–Crippen LogP) is 1.02. The third-order valence-corrected chi connectivity index (χ3v) is 2.87. The van der Waals surface area contributed by atoms with E-state index in [1.807, 2.05) is 30.3 Å². The molecule has 0 aromatic heterocycles. The Morgan fingerprint density at radius 3 is 2.79 bits per heavy atom. The predicted molar refractivity (Wildman–Crippen MR) is 68.2 cm³/mol. The van der Waals surface area contributed by atoms with Gasteiger partial charge in [-0.3, -0.25) is 4.79 Å². The van der Waals surface area contributed by atoms with Gasteiger partial charge in [0, 0.05) is 13.2 Å². The summed E-state index contributed by atoms with van der Waals surface area (Å²) in [7, 11) is 0. The average Bonchev–Trinajstić information content (AvgIpc) is 2.98. The summed E-state index contributed by atoms with van der Waals surface area (Å²) in [6, 6.07) is 9.55. The van der Waals surface area contributed by atoms with Crippen LogP contribution in [0.5, 0.6) is 0 Å². The Balaban J connectivity index is 1.65. The van der Waals surface area contributed by atoms with Gasteiger partial charge in [-0.05, 0) is 18.4 Å². The molecule has 1 fully saturated rings. The molecular weight excluding hydrogens is 246 g/mol. The molecule has 0 aliphatic carbocycles. The molecule has 1 saturated heterocycles. The van der Waals surface area contributed by atoms with Crippen molar-refractivity contribution in [3.8, 4) is 0 Å². The number of carbonyl (C=O) groups is 2. The first kappa shape index (κ1) is 13.5. The number of carbonyl (C=O) groups excluding carboxylic acids is 2. The van der Waals surface area contributed by atoms with Crippen molar-refractivity contribution in [1.29, 1.82) is 0 Å². The molecule has 1 amide bonds. The molecule has 0 bridgehead atoms. The third kappa shape index (κ3) is 4.37. The van der Waals surface area contributed by atoms with Crippen molar-refractivity contribution in [2.75, 3.05) is 13.2 Å². The van der Waals surface area contributed by atoms with Crippen molar-refractivity contribution in [2.45, 2.75) is 25.5 Å². The normalized spacial score (nSPS) is 18.0. The van der Waals surface area contributed by atoms with Crippen molar-refractivity contribution in [3.63, 3.8) is 0 Å². The second-order valence-electron chi connectivity index (χ2n) is 4.37. The lowest BCUT2D eigenvalue weighted by molar-refractivity contribution is -0.157. The number of hydrogen-bond donors (Lipinski definition) is 1. The molecule has 1 atom stereocenters. The first-order chi connectivity index (χ1) is 9.25. The molecule has 0 spiro atoms. The van der Waals surface area contributed by atoms with Gasteiger partial charge in [-0.1, -0.05) is 30.3 Å². The van der Waals surface area contributed by atoms with Crippen molar-refractivity contribution in [1.82, 2.24) is 5.32 Å². The fourth-order valence-electron chi connectivity index (χ4n) is 1.84. The molecule has 0 radical (unpaired) electrons. The SMILES string of the molecule is O=C(COC(=O)C1CCCO1)NCc1ccccc1. The van der Waals surface area contributed by atoms with Gasteiger partial charge in [0.05, 0.1) is 0 Å². The molecule has 1 aromatic carbocycles. The highest BCUT2D eigenvalue weighted by atomic mass is 16.6. The molecule has 5 heteroatoms. The lowest BCUT2D eigenvalue weighted by Crippen LogP contribution is -2.31. The Hall–Kier alpha value is -1.88. The van der Waals surface area contributed by atoms with Crippen LogP contribution in [0.3, 0.4) is 0 Å².